The number of alkyl halides is 3. The molecule has 3 aromatic heterocycles. The van der Waals surface area contributed by atoms with Gasteiger partial charge in [-0.3, -0.25) is 9.25 Å². The number of benzene rings is 3. The van der Waals surface area contributed by atoms with Crippen molar-refractivity contribution in [3.8, 4) is 33.9 Å². The molecule has 0 spiro atoms. The van der Waals surface area contributed by atoms with Gasteiger partial charge in [0.2, 0.25) is 5.13 Å². The Kier molecular flexibility index (Phi) is 9.52. The first-order chi connectivity index (χ1) is 24.5. The molecule has 0 radical (unpaired) electrons. The summed E-state index contributed by atoms with van der Waals surface area (Å²) < 4.78 is 95.0. The van der Waals surface area contributed by atoms with Gasteiger partial charge in [0.05, 0.1) is 42.4 Å². The van der Waals surface area contributed by atoms with E-state index in [0.717, 1.165) is 32.5 Å². The highest BCUT2D eigenvalue weighted by Gasteiger charge is 2.33. The zero-order valence-corrected chi connectivity index (χ0v) is 30.4. The lowest BCUT2D eigenvalue weighted by Crippen LogP contribution is -2.31. The normalized spacial score (nSPS) is 12.2. The van der Waals surface area contributed by atoms with Gasteiger partial charge in [0.1, 0.15) is 23.4 Å². The number of hydrogen-bond donors (Lipinski definition) is 0. The van der Waals surface area contributed by atoms with Gasteiger partial charge in [0.15, 0.2) is 0 Å². The zero-order chi connectivity index (χ0) is 37.6. The molecule has 0 aliphatic carbocycles. The fourth-order valence-corrected chi connectivity index (χ4v) is 7.80. The molecular weight excluding hydrogens is 722 g/mol. The van der Waals surface area contributed by atoms with Crippen LogP contribution in [0.2, 0.25) is 0 Å². The number of aryl methyl sites for hydroxylation is 1. The van der Waals surface area contributed by atoms with E-state index >= 15 is 0 Å². The van der Waals surface area contributed by atoms with Crippen LogP contribution in [0.5, 0.6) is 11.5 Å². The first-order valence-corrected chi connectivity index (χ1v) is 17.8. The maximum Gasteiger partial charge on any atom is 0.419 e. The molecule has 0 saturated heterocycles. The Morgan fingerprint density at radius 1 is 0.942 bits per heavy atom. The van der Waals surface area contributed by atoms with Crippen LogP contribution in [-0.4, -0.2) is 58.0 Å². The second-order valence-electron chi connectivity index (χ2n) is 12.6. The topological polar surface area (TPSA) is 131 Å². The summed E-state index contributed by atoms with van der Waals surface area (Å²) in [5, 5.41) is 4.60. The van der Waals surface area contributed by atoms with Gasteiger partial charge in [-0.05, 0) is 68.8 Å². The van der Waals surface area contributed by atoms with Gasteiger partial charge in [0.25, 0.3) is 10.0 Å². The molecular formula is C35H33F3N6O6S2. The van der Waals surface area contributed by atoms with Gasteiger partial charge in [-0.15, -0.1) is 0 Å². The highest BCUT2D eigenvalue weighted by Crippen LogP contribution is 2.42. The molecule has 0 unspecified atom stereocenters. The number of aromatic nitrogens is 5. The quantitative estimate of drug-likeness (QED) is 0.145. The Morgan fingerprint density at radius 3 is 2.33 bits per heavy atom. The number of halogens is 3. The molecule has 272 valence electrons. The number of sulfonamides is 1. The number of hydrogen-bond acceptors (Lipinski definition) is 10. The third kappa shape index (κ3) is 7.05. The first-order valence-electron chi connectivity index (χ1n) is 15.6. The van der Waals surface area contributed by atoms with Crippen molar-refractivity contribution in [2.24, 2.45) is 7.05 Å². The van der Waals surface area contributed by atoms with E-state index in [0.29, 0.717) is 39.3 Å². The number of ether oxygens (including phenoxy) is 3. The van der Waals surface area contributed by atoms with E-state index in [-0.39, 0.29) is 27.7 Å². The molecule has 3 aromatic carbocycles. The van der Waals surface area contributed by atoms with Crippen molar-refractivity contribution in [3.05, 3.63) is 90.5 Å². The summed E-state index contributed by atoms with van der Waals surface area (Å²) in [5.74, 6) is 0.887. The minimum atomic E-state index is -4.63. The van der Waals surface area contributed by atoms with Crippen LogP contribution in [-0.2, 0) is 34.5 Å². The smallest absolute Gasteiger partial charge is 0.419 e. The molecule has 0 amide bonds. The fraction of sp³-hybridized carbons (Fsp3) is 0.257. The van der Waals surface area contributed by atoms with Gasteiger partial charge in [-0.25, -0.2) is 22.5 Å². The molecule has 17 heteroatoms. The van der Waals surface area contributed by atoms with Crippen molar-refractivity contribution in [1.82, 2.24) is 23.7 Å². The third-order valence-corrected chi connectivity index (χ3v) is 10.6. The van der Waals surface area contributed by atoms with Gasteiger partial charge in [-0.1, -0.05) is 12.1 Å². The summed E-state index contributed by atoms with van der Waals surface area (Å²) in [6.45, 7) is 4.84. The Labute approximate surface area is 301 Å². The van der Waals surface area contributed by atoms with Crippen LogP contribution in [0.3, 0.4) is 0 Å². The minimum Gasteiger partial charge on any atom is -0.497 e. The van der Waals surface area contributed by atoms with Crippen LogP contribution in [0.1, 0.15) is 31.9 Å². The number of carbonyl (C=O) groups excluding carboxylic acids is 1. The van der Waals surface area contributed by atoms with Crippen LogP contribution in [0.25, 0.3) is 33.3 Å². The largest absolute Gasteiger partial charge is 0.497 e. The molecule has 0 atom stereocenters. The van der Waals surface area contributed by atoms with Crippen molar-refractivity contribution in [3.63, 3.8) is 0 Å². The number of carbonyl (C=O) groups is 1. The molecule has 0 fully saturated rings. The maximum atomic E-state index is 14.5. The molecule has 12 nitrogen and oxygen atoms in total. The van der Waals surface area contributed by atoms with Gasteiger partial charge < -0.3 is 14.2 Å². The Bertz CT molecular complexity index is 2380. The molecule has 0 saturated carbocycles. The lowest BCUT2D eigenvalue weighted by atomic mass is 9.95. The molecule has 52 heavy (non-hydrogen) atoms. The van der Waals surface area contributed by atoms with Crippen molar-refractivity contribution in [2.75, 3.05) is 18.5 Å². The number of nitrogens with zero attached hydrogens (tertiary/aromatic N) is 6. The Balaban J connectivity index is 1.55. The molecule has 0 bridgehead atoms. The van der Waals surface area contributed by atoms with Crippen LogP contribution in [0.15, 0.2) is 84.3 Å². The van der Waals surface area contributed by atoms with E-state index in [9.17, 15) is 26.4 Å². The van der Waals surface area contributed by atoms with Crippen LogP contribution >= 0.6 is 11.5 Å². The SMILES string of the molecule is COc1ccc(CN(c2ncns2)S(=O)(=O)c2ccc3c(-c4ccc(C(F)(F)F)cc4-c4ccnn4C)cn(C(=O)OC(C)(C)C)c3c2)c(OC)c1. The maximum absolute atomic E-state index is 14.5. The van der Waals surface area contributed by atoms with E-state index in [1.807, 2.05) is 0 Å². The number of anilines is 1. The Morgan fingerprint density at radius 2 is 1.71 bits per heavy atom. The van der Waals surface area contributed by atoms with Crippen LogP contribution in [0, 0.1) is 0 Å². The third-order valence-electron chi connectivity index (χ3n) is 8.06. The lowest BCUT2D eigenvalue weighted by Gasteiger charge is -2.23. The van der Waals surface area contributed by atoms with Crippen molar-refractivity contribution < 1.29 is 40.6 Å². The summed E-state index contributed by atoms with van der Waals surface area (Å²) in [5.41, 5.74) is 0.138. The first kappa shape index (κ1) is 36.4. The van der Waals surface area contributed by atoms with E-state index in [4.69, 9.17) is 14.2 Å². The molecule has 6 aromatic rings. The van der Waals surface area contributed by atoms with E-state index < -0.39 is 33.5 Å². The van der Waals surface area contributed by atoms with Gasteiger partial charge in [-0.2, -0.15) is 22.6 Å². The predicted molar refractivity (Wildman–Crippen MR) is 189 cm³/mol. The molecule has 0 N–H and O–H groups in total. The summed E-state index contributed by atoms with van der Waals surface area (Å²) in [7, 11) is 0.148. The van der Waals surface area contributed by atoms with Crippen molar-refractivity contribution >= 4 is 43.7 Å². The lowest BCUT2D eigenvalue weighted by molar-refractivity contribution is -0.137. The summed E-state index contributed by atoms with van der Waals surface area (Å²) in [4.78, 5) is 17.7. The number of rotatable bonds is 9. The van der Waals surface area contributed by atoms with Crippen LogP contribution in [0.4, 0.5) is 23.1 Å². The second-order valence-corrected chi connectivity index (χ2v) is 15.2. The highest BCUT2D eigenvalue weighted by molar-refractivity contribution is 7.93. The van der Waals surface area contributed by atoms with E-state index in [1.165, 1.54) is 61.9 Å². The molecule has 6 rings (SSSR count). The molecule has 0 aliphatic rings. The zero-order valence-electron chi connectivity index (χ0n) is 28.8. The van der Waals surface area contributed by atoms with Crippen LogP contribution < -0.4 is 13.8 Å². The van der Waals surface area contributed by atoms with E-state index in [1.54, 1.807) is 52.1 Å². The van der Waals surface area contributed by atoms with Gasteiger partial charge >= 0.3 is 12.3 Å². The molecule has 0 aliphatic heterocycles. The Hall–Kier alpha value is -5.42. The number of methoxy groups -OCH3 is 2. The minimum absolute atomic E-state index is 0.0757. The summed E-state index contributed by atoms with van der Waals surface area (Å²) >= 11 is 0.870. The van der Waals surface area contributed by atoms with Crippen molar-refractivity contribution in [1.29, 1.82) is 0 Å². The second kappa shape index (κ2) is 13.6. The monoisotopic (exact) mass is 754 g/mol. The number of fused-ring (bicyclic) bond motifs is 1. The molecule has 3 heterocycles. The summed E-state index contributed by atoms with van der Waals surface area (Å²) in [6, 6.07) is 14.1. The average Bonchev–Trinajstić information content (AvgIpc) is 3.86. The van der Waals surface area contributed by atoms with Crippen molar-refractivity contribution in [2.45, 2.75) is 44.0 Å². The summed E-state index contributed by atoms with van der Waals surface area (Å²) in [6.07, 6.45) is -1.32. The standard InChI is InChI=1S/C35H33F3N6O6S2/c1-34(2,3)50-33(45)43-19-28(25-11-8-22(35(36,37)38)15-27(25)29-13-14-40-42(29)4)26-12-10-24(17-30(26)43)52(46,47)44(32-39-20-41-51-32)18-21-7-9-23(48-5)16-31(21)49-6/h7-17,19-20H,18H2,1-6H3. The van der Waals surface area contributed by atoms with E-state index in [2.05, 4.69) is 14.5 Å². The fourth-order valence-electron chi connectivity index (χ4n) is 5.65. The highest BCUT2D eigenvalue weighted by atomic mass is 32.2. The average molecular weight is 755 g/mol. The van der Waals surface area contributed by atoms with Gasteiger partial charge in [0, 0.05) is 59.1 Å². The predicted octanol–water partition coefficient (Wildman–Crippen LogP) is 7.78.